The van der Waals surface area contributed by atoms with E-state index in [9.17, 15) is 0 Å². The first-order valence-electron chi connectivity index (χ1n) is 7.77. The molecule has 0 amide bonds. The summed E-state index contributed by atoms with van der Waals surface area (Å²) < 4.78 is 0. The Morgan fingerprint density at radius 1 is 1.12 bits per heavy atom. The fourth-order valence-corrected chi connectivity index (χ4v) is 4.37. The molecule has 17 heavy (non-hydrogen) atoms. The first kappa shape index (κ1) is 12.0. The fourth-order valence-electron chi connectivity index (χ4n) is 4.37. The Kier molecular flexibility index (Phi) is 3.45. The number of hydrogen-bond acceptors (Lipinski definition) is 2. The fraction of sp³-hybridized carbons (Fsp3) is 1.00. The van der Waals surface area contributed by atoms with Crippen molar-refractivity contribution in [3.8, 4) is 0 Å². The van der Waals surface area contributed by atoms with Gasteiger partial charge in [-0.3, -0.25) is 4.90 Å². The zero-order valence-electron chi connectivity index (χ0n) is 11.4. The molecular weight excluding hydrogens is 208 g/mol. The van der Waals surface area contributed by atoms with Gasteiger partial charge in [0.15, 0.2) is 0 Å². The standard InChI is InChI=1S/C15H28N2/c1-13-5-6-14(11-13)17-10-9-16-15(12-17)7-3-2-4-8-15/h13-14,16H,2-12H2,1H3. The molecule has 1 heterocycles. The molecule has 1 N–H and O–H groups in total. The number of piperazine rings is 1. The van der Waals surface area contributed by atoms with Crippen molar-refractivity contribution in [2.45, 2.75) is 69.9 Å². The molecule has 0 bridgehead atoms. The van der Waals surface area contributed by atoms with E-state index >= 15 is 0 Å². The highest BCUT2D eigenvalue weighted by Crippen LogP contribution is 2.35. The summed E-state index contributed by atoms with van der Waals surface area (Å²) >= 11 is 0. The number of hydrogen-bond donors (Lipinski definition) is 1. The molecule has 1 spiro atoms. The normalized spacial score (nSPS) is 38.6. The van der Waals surface area contributed by atoms with E-state index in [1.807, 2.05) is 0 Å². The predicted octanol–water partition coefficient (Wildman–Crippen LogP) is 2.78. The van der Waals surface area contributed by atoms with Gasteiger partial charge in [-0.1, -0.05) is 26.2 Å². The zero-order chi connectivity index (χ0) is 11.7. The predicted molar refractivity (Wildman–Crippen MR) is 72.2 cm³/mol. The Morgan fingerprint density at radius 3 is 2.65 bits per heavy atom. The van der Waals surface area contributed by atoms with Crippen LogP contribution in [-0.4, -0.2) is 36.1 Å². The first-order chi connectivity index (χ1) is 8.27. The molecule has 3 aliphatic rings. The van der Waals surface area contributed by atoms with Gasteiger partial charge in [0.2, 0.25) is 0 Å². The lowest BCUT2D eigenvalue weighted by atomic mass is 9.80. The summed E-state index contributed by atoms with van der Waals surface area (Å²) in [5.74, 6) is 0.970. The van der Waals surface area contributed by atoms with E-state index in [0.29, 0.717) is 5.54 Å². The molecule has 3 rings (SSSR count). The lowest BCUT2D eigenvalue weighted by Crippen LogP contribution is -2.62. The molecule has 98 valence electrons. The van der Waals surface area contributed by atoms with Crippen LogP contribution >= 0.6 is 0 Å². The van der Waals surface area contributed by atoms with Gasteiger partial charge in [0.25, 0.3) is 0 Å². The van der Waals surface area contributed by atoms with Crippen LogP contribution in [0.25, 0.3) is 0 Å². The molecule has 2 saturated carbocycles. The SMILES string of the molecule is CC1CCC(N2CCNC3(CCCCC3)C2)C1. The average Bonchev–Trinajstić information content (AvgIpc) is 2.77. The van der Waals surface area contributed by atoms with Gasteiger partial charge in [-0.2, -0.15) is 0 Å². The lowest BCUT2D eigenvalue weighted by molar-refractivity contribution is 0.0685. The van der Waals surface area contributed by atoms with Crippen molar-refractivity contribution in [2.75, 3.05) is 19.6 Å². The van der Waals surface area contributed by atoms with Crippen LogP contribution in [0.1, 0.15) is 58.3 Å². The quantitative estimate of drug-likeness (QED) is 0.753. The van der Waals surface area contributed by atoms with Crippen LogP contribution < -0.4 is 5.32 Å². The van der Waals surface area contributed by atoms with E-state index < -0.39 is 0 Å². The summed E-state index contributed by atoms with van der Waals surface area (Å²) in [5, 5.41) is 3.86. The van der Waals surface area contributed by atoms with Gasteiger partial charge >= 0.3 is 0 Å². The smallest absolute Gasteiger partial charge is 0.0309 e. The third kappa shape index (κ3) is 2.53. The summed E-state index contributed by atoms with van der Waals surface area (Å²) in [6.07, 6.45) is 11.6. The largest absolute Gasteiger partial charge is 0.309 e. The second-order valence-corrected chi connectivity index (χ2v) is 6.81. The Labute approximate surface area is 106 Å². The van der Waals surface area contributed by atoms with Gasteiger partial charge in [-0.05, 0) is 38.0 Å². The average molecular weight is 236 g/mol. The topological polar surface area (TPSA) is 15.3 Å². The second kappa shape index (κ2) is 4.89. The molecule has 1 saturated heterocycles. The number of nitrogens with zero attached hydrogens (tertiary/aromatic N) is 1. The summed E-state index contributed by atoms with van der Waals surface area (Å²) in [7, 11) is 0. The van der Waals surface area contributed by atoms with Crippen molar-refractivity contribution in [2.24, 2.45) is 5.92 Å². The van der Waals surface area contributed by atoms with Gasteiger partial charge in [0.1, 0.15) is 0 Å². The molecule has 0 aromatic carbocycles. The Bertz CT molecular complexity index is 252. The maximum Gasteiger partial charge on any atom is 0.0309 e. The minimum Gasteiger partial charge on any atom is -0.309 e. The van der Waals surface area contributed by atoms with Crippen molar-refractivity contribution in [3.05, 3.63) is 0 Å². The highest BCUT2D eigenvalue weighted by molar-refractivity contribution is 4.98. The third-order valence-electron chi connectivity index (χ3n) is 5.40. The van der Waals surface area contributed by atoms with Crippen LogP contribution in [0, 0.1) is 5.92 Å². The molecular formula is C15H28N2. The molecule has 2 unspecified atom stereocenters. The molecule has 0 aromatic rings. The number of nitrogens with one attached hydrogen (secondary N) is 1. The lowest BCUT2D eigenvalue weighted by Gasteiger charge is -2.48. The van der Waals surface area contributed by atoms with Crippen LogP contribution in [0.5, 0.6) is 0 Å². The summed E-state index contributed by atoms with van der Waals surface area (Å²) in [4.78, 5) is 2.82. The molecule has 0 aromatic heterocycles. The Morgan fingerprint density at radius 2 is 1.94 bits per heavy atom. The molecule has 2 atom stereocenters. The van der Waals surface area contributed by atoms with Crippen molar-refractivity contribution < 1.29 is 0 Å². The maximum absolute atomic E-state index is 3.86. The summed E-state index contributed by atoms with van der Waals surface area (Å²) in [6, 6.07) is 0.908. The van der Waals surface area contributed by atoms with E-state index in [0.717, 1.165) is 12.0 Å². The van der Waals surface area contributed by atoms with Crippen LogP contribution in [0.2, 0.25) is 0 Å². The van der Waals surface area contributed by atoms with Crippen LogP contribution in [0.3, 0.4) is 0 Å². The van der Waals surface area contributed by atoms with E-state index in [1.54, 1.807) is 0 Å². The van der Waals surface area contributed by atoms with Gasteiger partial charge in [-0.25, -0.2) is 0 Å². The van der Waals surface area contributed by atoms with Crippen LogP contribution in [0.4, 0.5) is 0 Å². The van der Waals surface area contributed by atoms with Crippen LogP contribution in [-0.2, 0) is 0 Å². The molecule has 2 heteroatoms. The molecule has 1 aliphatic heterocycles. The minimum absolute atomic E-state index is 0.502. The third-order valence-corrected chi connectivity index (χ3v) is 5.40. The van der Waals surface area contributed by atoms with Crippen molar-refractivity contribution in [1.29, 1.82) is 0 Å². The van der Waals surface area contributed by atoms with Crippen molar-refractivity contribution in [1.82, 2.24) is 10.2 Å². The van der Waals surface area contributed by atoms with Gasteiger partial charge < -0.3 is 5.32 Å². The second-order valence-electron chi connectivity index (χ2n) is 6.81. The zero-order valence-corrected chi connectivity index (χ0v) is 11.4. The van der Waals surface area contributed by atoms with Crippen LogP contribution in [0.15, 0.2) is 0 Å². The molecule has 2 aliphatic carbocycles. The van der Waals surface area contributed by atoms with Gasteiger partial charge in [-0.15, -0.1) is 0 Å². The molecule has 0 radical (unpaired) electrons. The van der Waals surface area contributed by atoms with E-state index in [1.165, 1.54) is 71.0 Å². The minimum atomic E-state index is 0.502. The Hall–Kier alpha value is -0.0800. The monoisotopic (exact) mass is 236 g/mol. The van der Waals surface area contributed by atoms with Crippen molar-refractivity contribution in [3.63, 3.8) is 0 Å². The summed E-state index contributed by atoms with van der Waals surface area (Å²) in [5.41, 5.74) is 0.502. The van der Waals surface area contributed by atoms with E-state index in [4.69, 9.17) is 0 Å². The molecule has 3 fully saturated rings. The number of rotatable bonds is 1. The van der Waals surface area contributed by atoms with Crippen molar-refractivity contribution >= 4 is 0 Å². The Balaban J connectivity index is 1.62. The first-order valence-corrected chi connectivity index (χ1v) is 7.77. The highest BCUT2D eigenvalue weighted by Gasteiger charge is 2.39. The van der Waals surface area contributed by atoms with Gasteiger partial charge in [0, 0.05) is 31.2 Å². The highest BCUT2D eigenvalue weighted by atomic mass is 15.2. The van der Waals surface area contributed by atoms with Gasteiger partial charge in [0.05, 0.1) is 0 Å². The summed E-state index contributed by atoms with van der Waals surface area (Å²) in [6.45, 7) is 6.28. The maximum atomic E-state index is 3.86. The van der Waals surface area contributed by atoms with E-state index in [2.05, 4.69) is 17.1 Å². The molecule has 2 nitrogen and oxygen atoms in total. The van der Waals surface area contributed by atoms with E-state index in [-0.39, 0.29) is 0 Å².